The van der Waals surface area contributed by atoms with Crippen LogP contribution in [0.25, 0.3) is 11.1 Å². The van der Waals surface area contributed by atoms with Crippen molar-refractivity contribution in [1.82, 2.24) is 10.3 Å². The van der Waals surface area contributed by atoms with Crippen molar-refractivity contribution in [2.24, 2.45) is 0 Å². The molecule has 22 heavy (non-hydrogen) atoms. The Balaban J connectivity index is 0.00000176. The number of aromatic nitrogens is 1. The molecule has 120 valence electrons. The Bertz CT molecular complexity index is 662. The van der Waals surface area contributed by atoms with Crippen LogP contribution in [-0.4, -0.2) is 23.0 Å². The molecule has 0 radical (unpaired) electrons. The fourth-order valence-electron chi connectivity index (χ4n) is 2.92. The number of carbonyl (C=O) groups excluding carboxylic acids is 1. The molecule has 1 aromatic heterocycles. The van der Waals surface area contributed by atoms with E-state index in [-0.39, 0.29) is 18.3 Å². The topological polar surface area (TPSA) is 67.2 Å². The molecule has 2 heterocycles. The van der Waals surface area contributed by atoms with Crippen molar-refractivity contribution < 1.29 is 9.21 Å². The molecule has 6 heteroatoms. The minimum absolute atomic E-state index is 0. The van der Waals surface area contributed by atoms with Gasteiger partial charge in [-0.05, 0) is 44.0 Å². The molecule has 3 rings (SSSR count). The molecular formula is C16H22ClN3O2. The summed E-state index contributed by atoms with van der Waals surface area (Å²) < 4.78 is 5.58. The van der Waals surface area contributed by atoms with E-state index < -0.39 is 5.54 Å². The van der Waals surface area contributed by atoms with Crippen molar-refractivity contribution in [3.05, 3.63) is 24.1 Å². The number of fused-ring (bicyclic) bond motifs is 1. The maximum Gasteiger partial charge on any atom is 0.244 e. The molecule has 0 spiro atoms. The molecule has 2 aromatic rings. The summed E-state index contributed by atoms with van der Waals surface area (Å²) in [7, 11) is 0. The molecular weight excluding hydrogens is 302 g/mol. The highest BCUT2D eigenvalue weighted by Gasteiger charge is 2.39. The first kappa shape index (κ1) is 16.8. The molecule has 0 aliphatic carbocycles. The molecule has 5 nitrogen and oxygen atoms in total. The van der Waals surface area contributed by atoms with E-state index >= 15 is 0 Å². The van der Waals surface area contributed by atoms with Crippen molar-refractivity contribution >= 4 is 35.1 Å². The summed E-state index contributed by atoms with van der Waals surface area (Å²) in [6.07, 6.45) is 3.50. The van der Waals surface area contributed by atoms with E-state index in [0.717, 1.165) is 54.9 Å². The number of aryl methyl sites for hydroxylation is 1. The summed E-state index contributed by atoms with van der Waals surface area (Å²) in [5, 5.41) is 6.36. The number of nitrogens with zero attached hydrogens (tertiary/aromatic N) is 1. The molecule has 1 aliphatic rings. The highest BCUT2D eigenvalue weighted by molar-refractivity contribution is 5.99. The van der Waals surface area contributed by atoms with Gasteiger partial charge in [-0.2, -0.15) is 0 Å². The first-order valence-electron chi connectivity index (χ1n) is 7.63. The van der Waals surface area contributed by atoms with E-state index in [1.54, 1.807) is 0 Å². The van der Waals surface area contributed by atoms with Gasteiger partial charge in [0.05, 0.1) is 5.54 Å². The van der Waals surface area contributed by atoms with Crippen LogP contribution in [0, 0.1) is 0 Å². The molecule has 1 aliphatic heterocycles. The normalized spacial score (nSPS) is 20.8. The van der Waals surface area contributed by atoms with E-state index in [9.17, 15) is 4.79 Å². The molecule has 1 unspecified atom stereocenters. The fourth-order valence-corrected chi connectivity index (χ4v) is 2.92. The van der Waals surface area contributed by atoms with Gasteiger partial charge in [0.25, 0.3) is 0 Å². The number of amides is 1. The van der Waals surface area contributed by atoms with Gasteiger partial charge in [-0.15, -0.1) is 12.4 Å². The third-order valence-corrected chi connectivity index (χ3v) is 4.27. The van der Waals surface area contributed by atoms with Crippen LogP contribution in [0.3, 0.4) is 0 Å². The number of carbonyl (C=O) groups is 1. The Morgan fingerprint density at radius 1 is 1.45 bits per heavy atom. The zero-order valence-corrected chi connectivity index (χ0v) is 13.8. The molecule has 1 atom stereocenters. The minimum Gasteiger partial charge on any atom is -0.441 e. The smallest absolute Gasteiger partial charge is 0.244 e. The summed E-state index contributed by atoms with van der Waals surface area (Å²) in [5.41, 5.74) is 1.89. The number of hydrogen-bond donors (Lipinski definition) is 2. The fraction of sp³-hybridized carbons (Fsp3) is 0.500. The Morgan fingerprint density at radius 3 is 2.91 bits per heavy atom. The van der Waals surface area contributed by atoms with Gasteiger partial charge in [0, 0.05) is 12.1 Å². The monoisotopic (exact) mass is 323 g/mol. The zero-order chi connectivity index (χ0) is 14.9. The van der Waals surface area contributed by atoms with Gasteiger partial charge in [-0.25, -0.2) is 4.98 Å². The third kappa shape index (κ3) is 2.96. The van der Waals surface area contributed by atoms with E-state index in [1.165, 1.54) is 0 Å². The molecule has 1 aromatic carbocycles. The van der Waals surface area contributed by atoms with E-state index in [1.807, 2.05) is 32.0 Å². The van der Waals surface area contributed by atoms with E-state index in [2.05, 4.69) is 15.6 Å². The standard InChI is InChI=1S/C16H21N3O2.ClH/c1-3-14-19-12-10-11(6-7-13(12)21-14)18-15(20)16(4-2)8-5-9-17-16;/h6-7,10,17H,3-5,8-9H2,1-2H3,(H,18,20);1H. The van der Waals surface area contributed by atoms with Gasteiger partial charge in [0.1, 0.15) is 5.52 Å². The lowest BCUT2D eigenvalue weighted by Crippen LogP contribution is -2.50. The van der Waals surface area contributed by atoms with E-state index in [0.29, 0.717) is 0 Å². The van der Waals surface area contributed by atoms with Crippen LogP contribution in [0.15, 0.2) is 22.6 Å². The van der Waals surface area contributed by atoms with Crippen LogP contribution < -0.4 is 10.6 Å². The lowest BCUT2D eigenvalue weighted by atomic mass is 9.93. The number of halogens is 1. The second-order valence-corrected chi connectivity index (χ2v) is 5.56. The zero-order valence-electron chi connectivity index (χ0n) is 12.9. The van der Waals surface area contributed by atoms with Crippen LogP contribution in [0.2, 0.25) is 0 Å². The van der Waals surface area contributed by atoms with Crippen molar-refractivity contribution in [2.45, 2.75) is 45.1 Å². The summed E-state index contributed by atoms with van der Waals surface area (Å²) in [6, 6.07) is 5.59. The highest BCUT2D eigenvalue weighted by atomic mass is 35.5. The number of rotatable bonds is 4. The quantitative estimate of drug-likeness (QED) is 0.906. The van der Waals surface area contributed by atoms with E-state index in [4.69, 9.17) is 4.42 Å². The Hall–Kier alpha value is -1.59. The average molecular weight is 324 g/mol. The Kier molecular flexibility index (Phi) is 5.08. The second kappa shape index (κ2) is 6.67. The minimum atomic E-state index is -0.423. The molecule has 0 saturated carbocycles. The van der Waals surface area contributed by atoms with Crippen LogP contribution in [0.4, 0.5) is 5.69 Å². The number of nitrogens with one attached hydrogen (secondary N) is 2. The van der Waals surface area contributed by atoms with Crippen LogP contribution in [-0.2, 0) is 11.2 Å². The van der Waals surface area contributed by atoms with Gasteiger partial charge in [-0.3, -0.25) is 4.79 Å². The van der Waals surface area contributed by atoms with Gasteiger partial charge in [-0.1, -0.05) is 13.8 Å². The van der Waals surface area contributed by atoms with Crippen LogP contribution in [0.5, 0.6) is 0 Å². The molecule has 1 saturated heterocycles. The van der Waals surface area contributed by atoms with Crippen LogP contribution in [0.1, 0.15) is 39.0 Å². The molecule has 2 N–H and O–H groups in total. The molecule has 0 bridgehead atoms. The maximum absolute atomic E-state index is 12.5. The average Bonchev–Trinajstić information content (AvgIpc) is 3.13. The molecule has 1 amide bonds. The Labute approximate surface area is 136 Å². The summed E-state index contributed by atoms with van der Waals surface area (Å²) in [4.78, 5) is 16.9. The van der Waals surface area contributed by atoms with Gasteiger partial charge < -0.3 is 15.1 Å². The van der Waals surface area contributed by atoms with Crippen molar-refractivity contribution in [1.29, 1.82) is 0 Å². The summed E-state index contributed by atoms with van der Waals surface area (Å²) in [6.45, 7) is 4.96. The van der Waals surface area contributed by atoms with Crippen molar-refractivity contribution in [3.63, 3.8) is 0 Å². The van der Waals surface area contributed by atoms with Crippen molar-refractivity contribution in [3.8, 4) is 0 Å². The van der Waals surface area contributed by atoms with Crippen LogP contribution >= 0.6 is 12.4 Å². The SMILES string of the molecule is CCc1nc2cc(NC(=O)C3(CC)CCCN3)ccc2o1.Cl. The number of benzene rings is 1. The summed E-state index contributed by atoms with van der Waals surface area (Å²) in [5.74, 6) is 0.761. The number of hydrogen-bond acceptors (Lipinski definition) is 4. The summed E-state index contributed by atoms with van der Waals surface area (Å²) >= 11 is 0. The first-order valence-corrected chi connectivity index (χ1v) is 7.63. The number of anilines is 1. The van der Waals surface area contributed by atoms with Gasteiger partial charge >= 0.3 is 0 Å². The third-order valence-electron chi connectivity index (χ3n) is 4.27. The van der Waals surface area contributed by atoms with Gasteiger partial charge in [0.15, 0.2) is 11.5 Å². The predicted molar refractivity (Wildman–Crippen MR) is 89.5 cm³/mol. The second-order valence-electron chi connectivity index (χ2n) is 5.56. The highest BCUT2D eigenvalue weighted by Crippen LogP contribution is 2.26. The lowest BCUT2D eigenvalue weighted by Gasteiger charge is -2.26. The van der Waals surface area contributed by atoms with Crippen molar-refractivity contribution in [2.75, 3.05) is 11.9 Å². The largest absolute Gasteiger partial charge is 0.441 e. The molecule has 1 fully saturated rings. The van der Waals surface area contributed by atoms with Gasteiger partial charge in [0.2, 0.25) is 5.91 Å². The Morgan fingerprint density at radius 2 is 2.27 bits per heavy atom. The predicted octanol–water partition coefficient (Wildman–Crippen LogP) is 3.28. The maximum atomic E-state index is 12.5. The first-order chi connectivity index (χ1) is 10.2. The lowest BCUT2D eigenvalue weighted by molar-refractivity contribution is -0.122. The number of oxazole rings is 1.